The first-order valence-electron chi connectivity index (χ1n) is 13.1. The van der Waals surface area contributed by atoms with Crippen LogP contribution >= 0.6 is 0 Å². The zero-order valence-corrected chi connectivity index (χ0v) is 20.9. The molecule has 5 fully saturated rings. The molecule has 2 bridgehead atoms. The van der Waals surface area contributed by atoms with Crippen LogP contribution in [-0.2, 0) is 20.5 Å². The maximum Gasteiger partial charge on any atom is 0.305 e. The van der Waals surface area contributed by atoms with Gasteiger partial charge in [-0.25, -0.2) is 9.50 Å². The van der Waals surface area contributed by atoms with Gasteiger partial charge in [-0.15, -0.1) is 5.10 Å². The summed E-state index contributed by atoms with van der Waals surface area (Å²) in [5.41, 5.74) is 3.79. The van der Waals surface area contributed by atoms with Gasteiger partial charge < -0.3 is 20.1 Å². The Morgan fingerprint density at radius 1 is 1.25 bits per heavy atom. The molecule has 3 aromatic rings. The van der Waals surface area contributed by atoms with Crippen molar-refractivity contribution in [2.24, 2.45) is 5.92 Å². The second kappa shape index (κ2) is 7.52. The number of carboxylic acids is 1. The SMILES string of the molecule is Cc1cc(N2CCC(C)(c3ccccc3)C2)cn2nc(C34CC(CO3)C4NC3(CC(=O)O)CC3)nc12. The average molecular weight is 488 g/mol. The number of rotatable bonds is 7. The largest absolute Gasteiger partial charge is 0.481 e. The second-order valence-corrected chi connectivity index (χ2v) is 11.8. The van der Waals surface area contributed by atoms with Gasteiger partial charge in [0.2, 0.25) is 0 Å². The molecular weight excluding hydrogens is 454 g/mol. The first-order chi connectivity index (χ1) is 17.3. The highest BCUT2D eigenvalue weighted by molar-refractivity contribution is 5.69. The number of hydrogen-bond acceptors (Lipinski definition) is 6. The molecule has 36 heavy (non-hydrogen) atoms. The highest BCUT2D eigenvalue weighted by atomic mass is 16.5. The van der Waals surface area contributed by atoms with Crippen LogP contribution in [0.2, 0.25) is 0 Å². The summed E-state index contributed by atoms with van der Waals surface area (Å²) in [5, 5.41) is 18.0. The molecule has 0 amide bonds. The van der Waals surface area contributed by atoms with Crippen molar-refractivity contribution in [3.8, 4) is 0 Å². The zero-order chi connectivity index (χ0) is 24.7. The van der Waals surface area contributed by atoms with E-state index < -0.39 is 11.6 Å². The monoisotopic (exact) mass is 487 g/mol. The quantitative estimate of drug-likeness (QED) is 0.528. The molecule has 8 nitrogen and oxygen atoms in total. The van der Waals surface area contributed by atoms with Gasteiger partial charge in [0.1, 0.15) is 5.60 Å². The minimum atomic E-state index is -0.749. The van der Waals surface area contributed by atoms with Crippen LogP contribution in [0.5, 0.6) is 0 Å². The topological polar surface area (TPSA) is 92.0 Å². The molecule has 8 heteroatoms. The number of aryl methyl sites for hydroxylation is 1. The van der Waals surface area contributed by atoms with Crippen LogP contribution in [0.4, 0.5) is 5.69 Å². The zero-order valence-electron chi connectivity index (χ0n) is 20.9. The van der Waals surface area contributed by atoms with E-state index in [0.29, 0.717) is 12.5 Å². The van der Waals surface area contributed by atoms with Gasteiger partial charge in [0.05, 0.1) is 24.9 Å². The van der Waals surface area contributed by atoms with Crippen molar-refractivity contribution < 1.29 is 14.6 Å². The third-order valence-electron chi connectivity index (χ3n) is 9.19. The van der Waals surface area contributed by atoms with Gasteiger partial charge in [-0.2, -0.15) is 0 Å². The summed E-state index contributed by atoms with van der Waals surface area (Å²) in [6.45, 7) is 7.10. The summed E-state index contributed by atoms with van der Waals surface area (Å²) in [6.07, 6.45) is 6.06. The predicted molar refractivity (Wildman–Crippen MR) is 135 cm³/mol. The van der Waals surface area contributed by atoms with Gasteiger partial charge in [0.15, 0.2) is 11.5 Å². The van der Waals surface area contributed by atoms with E-state index in [4.69, 9.17) is 14.8 Å². The smallest absolute Gasteiger partial charge is 0.305 e. The lowest BCUT2D eigenvalue weighted by atomic mass is 9.68. The van der Waals surface area contributed by atoms with Crippen molar-refractivity contribution in [1.82, 2.24) is 19.9 Å². The van der Waals surface area contributed by atoms with E-state index in [9.17, 15) is 9.90 Å². The van der Waals surface area contributed by atoms with Crippen LogP contribution in [0, 0.1) is 12.8 Å². The molecule has 2 aromatic heterocycles. The lowest BCUT2D eigenvalue weighted by Crippen LogP contribution is -2.61. The van der Waals surface area contributed by atoms with Gasteiger partial charge in [-0.05, 0) is 49.8 Å². The summed E-state index contributed by atoms with van der Waals surface area (Å²) in [7, 11) is 0. The number of aromatic nitrogens is 3. The minimum absolute atomic E-state index is 0.0710. The highest BCUT2D eigenvalue weighted by Gasteiger charge is 2.66. The molecule has 5 heterocycles. The molecule has 0 radical (unpaired) electrons. The third kappa shape index (κ3) is 3.30. The molecule has 2 saturated carbocycles. The fraction of sp³-hybridized carbons (Fsp3) is 0.536. The van der Waals surface area contributed by atoms with E-state index in [-0.39, 0.29) is 23.4 Å². The van der Waals surface area contributed by atoms with E-state index in [1.807, 2.05) is 4.52 Å². The van der Waals surface area contributed by atoms with E-state index in [1.54, 1.807) is 0 Å². The first kappa shape index (κ1) is 22.2. The average Bonchev–Trinajstić information content (AvgIpc) is 3.29. The molecule has 188 valence electrons. The number of hydrogen-bond donors (Lipinski definition) is 2. The van der Waals surface area contributed by atoms with Crippen LogP contribution in [0.1, 0.15) is 56.0 Å². The molecule has 2 N–H and O–H groups in total. The molecule has 0 spiro atoms. The van der Waals surface area contributed by atoms with Gasteiger partial charge >= 0.3 is 5.97 Å². The number of nitrogens with zero attached hydrogens (tertiary/aromatic N) is 4. The van der Waals surface area contributed by atoms with Crippen molar-refractivity contribution >= 4 is 17.3 Å². The summed E-state index contributed by atoms with van der Waals surface area (Å²) < 4.78 is 8.23. The second-order valence-electron chi connectivity index (χ2n) is 11.8. The number of carbonyl (C=O) groups is 1. The fourth-order valence-electron chi connectivity index (χ4n) is 6.83. The highest BCUT2D eigenvalue weighted by Crippen LogP contribution is 2.56. The number of carboxylic acid groups (broad SMARTS) is 1. The van der Waals surface area contributed by atoms with Crippen molar-refractivity contribution in [2.45, 2.75) is 68.5 Å². The molecular formula is C28H33N5O3. The van der Waals surface area contributed by atoms with E-state index in [0.717, 1.165) is 55.8 Å². The van der Waals surface area contributed by atoms with Crippen LogP contribution < -0.4 is 10.2 Å². The Kier molecular flexibility index (Phi) is 4.65. The molecule has 3 aliphatic heterocycles. The van der Waals surface area contributed by atoms with Crippen molar-refractivity contribution in [3.63, 3.8) is 0 Å². The number of nitrogens with one attached hydrogen (secondary N) is 1. The fourth-order valence-corrected chi connectivity index (χ4v) is 6.83. The van der Waals surface area contributed by atoms with Gasteiger partial charge in [0.25, 0.3) is 0 Å². The molecule has 2 aliphatic carbocycles. The molecule has 4 atom stereocenters. The minimum Gasteiger partial charge on any atom is -0.481 e. The molecule has 5 aliphatic rings. The number of ether oxygens (including phenoxy) is 1. The lowest BCUT2D eigenvalue weighted by molar-refractivity contribution is -0.138. The maximum atomic E-state index is 11.4. The Morgan fingerprint density at radius 2 is 2.06 bits per heavy atom. The normalized spacial score (nSPS) is 32.1. The molecule has 3 saturated heterocycles. The number of aliphatic carboxylic acids is 1. The standard InChI is InChI=1S/C28H33N5O3/c1-18-12-21(32-11-10-26(2,17-32)20-6-4-3-5-7-20)15-33-24(18)29-25(31-33)28-13-19(16-36-28)23(28)30-27(8-9-27)14-22(34)35/h3-7,12,15,19,23,30H,8-11,13-14,16-17H2,1-2H3,(H,34,35). The summed E-state index contributed by atoms with van der Waals surface area (Å²) in [5.74, 6) is 0.358. The Bertz CT molecular complexity index is 1350. The molecule has 4 unspecified atom stereocenters. The number of anilines is 1. The predicted octanol–water partition coefficient (Wildman–Crippen LogP) is 3.42. The van der Waals surface area contributed by atoms with Crippen molar-refractivity contribution in [3.05, 3.63) is 59.5 Å². The Balaban J connectivity index is 1.16. The third-order valence-corrected chi connectivity index (χ3v) is 9.19. The van der Waals surface area contributed by atoms with E-state index in [2.05, 4.69) is 66.7 Å². The summed E-state index contributed by atoms with van der Waals surface area (Å²) in [6, 6.07) is 13.1. The van der Waals surface area contributed by atoms with Crippen molar-refractivity contribution in [2.75, 3.05) is 24.6 Å². The maximum absolute atomic E-state index is 11.4. The van der Waals surface area contributed by atoms with Gasteiger partial charge in [-0.1, -0.05) is 37.3 Å². The Hall–Kier alpha value is -2.97. The van der Waals surface area contributed by atoms with Crippen LogP contribution in [0.15, 0.2) is 42.6 Å². The Morgan fingerprint density at radius 3 is 2.78 bits per heavy atom. The number of pyridine rings is 1. The van der Waals surface area contributed by atoms with Crippen LogP contribution in [0.3, 0.4) is 0 Å². The van der Waals surface area contributed by atoms with Crippen LogP contribution in [-0.4, -0.2) is 57.0 Å². The van der Waals surface area contributed by atoms with Gasteiger partial charge in [0, 0.05) is 36.0 Å². The number of benzene rings is 1. The van der Waals surface area contributed by atoms with Crippen LogP contribution in [0.25, 0.3) is 5.65 Å². The first-order valence-corrected chi connectivity index (χ1v) is 13.1. The summed E-state index contributed by atoms with van der Waals surface area (Å²) in [4.78, 5) is 18.8. The number of fused-ring (bicyclic) bond motifs is 2. The Labute approximate surface area is 210 Å². The lowest BCUT2D eigenvalue weighted by Gasteiger charge is -2.45. The molecule has 1 aromatic carbocycles. The molecule has 8 rings (SSSR count). The van der Waals surface area contributed by atoms with E-state index in [1.165, 1.54) is 11.3 Å². The van der Waals surface area contributed by atoms with Crippen molar-refractivity contribution in [1.29, 1.82) is 0 Å². The van der Waals surface area contributed by atoms with Gasteiger partial charge in [-0.3, -0.25) is 4.79 Å². The van der Waals surface area contributed by atoms with E-state index >= 15 is 0 Å². The summed E-state index contributed by atoms with van der Waals surface area (Å²) >= 11 is 0.